The van der Waals surface area contributed by atoms with Crippen LogP contribution in [0.25, 0.3) is 0 Å². The maximum absolute atomic E-state index is 12.3. The molecule has 2 rings (SSSR count). The Bertz CT molecular complexity index is 795. The predicted molar refractivity (Wildman–Crippen MR) is 104 cm³/mol. The molecule has 0 aromatic heterocycles. The molecule has 2 aromatic carbocycles. The molecule has 7 heteroatoms. The van der Waals surface area contributed by atoms with Crippen LogP contribution < -0.4 is 15.4 Å². The highest BCUT2D eigenvalue weighted by atomic mass is 35.5. The quantitative estimate of drug-likeness (QED) is 0.801. The molecule has 0 spiro atoms. The number of urea groups is 1. The minimum Gasteiger partial charge on any atom is -0.495 e. The van der Waals surface area contributed by atoms with Gasteiger partial charge in [-0.3, -0.25) is 4.79 Å². The van der Waals surface area contributed by atoms with Crippen molar-refractivity contribution in [2.75, 3.05) is 31.3 Å². The topological polar surface area (TPSA) is 70.7 Å². The Morgan fingerprint density at radius 3 is 2.54 bits per heavy atom. The summed E-state index contributed by atoms with van der Waals surface area (Å²) in [7, 11) is 3.04. The lowest BCUT2D eigenvalue weighted by Crippen LogP contribution is -2.37. The van der Waals surface area contributed by atoms with Crippen LogP contribution in [0, 0.1) is 0 Å². The SMILES string of the molecule is CCc1ccccc1NC(=O)CN(C)C(=O)Nc1cc(Cl)ccc1OC. The number of benzene rings is 2. The first-order chi connectivity index (χ1) is 12.4. The summed E-state index contributed by atoms with van der Waals surface area (Å²) in [5.41, 5.74) is 2.23. The smallest absolute Gasteiger partial charge is 0.322 e. The predicted octanol–water partition coefficient (Wildman–Crippen LogP) is 4.01. The molecule has 0 radical (unpaired) electrons. The fourth-order valence-electron chi connectivity index (χ4n) is 2.42. The van der Waals surface area contributed by atoms with Crippen LogP contribution in [-0.2, 0) is 11.2 Å². The second-order valence-electron chi connectivity index (χ2n) is 5.69. The van der Waals surface area contributed by atoms with Crippen LogP contribution in [0.2, 0.25) is 5.02 Å². The zero-order valence-corrected chi connectivity index (χ0v) is 15.8. The van der Waals surface area contributed by atoms with Gasteiger partial charge in [-0.15, -0.1) is 0 Å². The van der Waals surface area contributed by atoms with E-state index in [-0.39, 0.29) is 12.5 Å². The van der Waals surface area contributed by atoms with Crippen molar-refractivity contribution >= 4 is 34.9 Å². The van der Waals surface area contributed by atoms with Gasteiger partial charge < -0.3 is 20.3 Å². The van der Waals surface area contributed by atoms with Gasteiger partial charge in [0.25, 0.3) is 0 Å². The van der Waals surface area contributed by atoms with Gasteiger partial charge in [0.1, 0.15) is 12.3 Å². The van der Waals surface area contributed by atoms with E-state index < -0.39 is 6.03 Å². The highest BCUT2D eigenvalue weighted by molar-refractivity contribution is 6.31. The summed E-state index contributed by atoms with van der Waals surface area (Å²) >= 11 is 5.96. The molecule has 0 aliphatic heterocycles. The third-order valence-electron chi connectivity index (χ3n) is 3.80. The van der Waals surface area contributed by atoms with Crippen LogP contribution in [0.5, 0.6) is 5.75 Å². The normalized spacial score (nSPS) is 10.2. The Hall–Kier alpha value is -2.73. The number of hydrogen-bond donors (Lipinski definition) is 2. The van der Waals surface area contributed by atoms with E-state index in [0.29, 0.717) is 16.5 Å². The minimum absolute atomic E-state index is 0.0905. The molecule has 2 aromatic rings. The summed E-state index contributed by atoms with van der Waals surface area (Å²) in [5.74, 6) is 0.207. The Morgan fingerprint density at radius 2 is 1.85 bits per heavy atom. The highest BCUT2D eigenvalue weighted by Gasteiger charge is 2.16. The number of methoxy groups -OCH3 is 1. The molecular formula is C19H22ClN3O3. The fraction of sp³-hybridized carbons (Fsp3) is 0.263. The first-order valence-electron chi connectivity index (χ1n) is 8.18. The summed E-state index contributed by atoms with van der Waals surface area (Å²) < 4.78 is 5.20. The number of likely N-dealkylation sites (N-methyl/N-ethyl adjacent to an activating group) is 1. The van der Waals surface area contributed by atoms with E-state index in [0.717, 1.165) is 17.7 Å². The first-order valence-corrected chi connectivity index (χ1v) is 8.55. The molecule has 2 N–H and O–H groups in total. The summed E-state index contributed by atoms with van der Waals surface area (Å²) in [6.07, 6.45) is 0.807. The molecule has 6 nitrogen and oxygen atoms in total. The minimum atomic E-state index is -0.440. The van der Waals surface area contributed by atoms with Crippen molar-refractivity contribution in [1.82, 2.24) is 4.90 Å². The second kappa shape index (κ2) is 9.10. The number of anilines is 2. The van der Waals surface area contributed by atoms with E-state index in [4.69, 9.17) is 16.3 Å². The zero-order chi connectivity index (χ0) is 19.1. The summed E-state index contributed by atoms with van der Waals surface area (Å²) in [6, 6.07) is 12.0. The summed E-state index contributed by atoms with van der Waals surface area (Å²) in [5, 5.41) is 6.00. The van der Waals surface area contributed by atoms with Crippen LogP contribution in [0.4, 0.5) is 16.2 Å². The largest absolute Gasteiger partial charge is 0.495 e. The van der Waals surface area contributed by atoms with Crippen molar-refractivity contribution in [1.29, 1.82) is 0 Å². The third kappa shape index (κ3) is 5.13. The van der Waals surface area contributed by atoms with E-state index in [1.165, 1.54) is 19.1 Å². The summed E-state index contributed by atoms with van der Waals surface area (Å²) in [4.78, 5) is 25.9. The van der Waals surface area contributed by atoms with Gasteiger partial charge in [0.2, 0.25) is 5.91 Å². The van der Waals surface area contributed by atoms with Gasteiger partial charge in [0.05, 0.1) is 12.8 Å². The number of amides is 3. The van der Waals surface area contributed by atoms with Gasteiger partial charge in [0.15, 0.2) is 0 Å². The van der Waals surface area contributed by atoms with Gasteiger partial charge >= 0.3 is 6.03 Å². The van der Waals surface area contributed by atoms with Crippen molar-refractivity contribution in [3.63, 3.8) is 0 Å². The van der Waals surface area contributed by atoms with Crippen LogP contribution in [0.3, 0.4) is 0 Å². The van der Waals surface area contributed by atoms with E-state index in [9.17, 15) is 9.59 Å². The first kappa shape index (κ1) is 19.6. The van der Waals surface area contributed by atoms with Gasteiger partial charge in [-0.1, -0.05) is 36.7 Å². The number of nitrogens with one attached hydrogen (secondary N) is 2. The highest BCUT2D eigenvalue weighted by Crippen LogP contribution is 2.27. The summed E-state index contributed by atoms with van der Waals surface area (Å²) in [6.45, 7) is 1.93. The van der Waals surface area contributed by atoms with Gasteiger partial charge in [-0.2, -0.15) is 0 Å². The number of carbonyl (C=O) groups is 2. The molecule has 138 valence electrons. The van der Waals surface area contributed by atoms with Crippen LogP contribution in [-0.4, -0.2) is 37.5 Å². The van der Waals surface area contributed by atoms with Crippen LogP contribution >= 0.6 is 11.6 Å². The van der Waals surface area contributed by atoms with Crippen molar-refractivity contribution in [2.24, 2.45) is 0 Å². The van der Waals surface area contributed by atoms with Crippen molar-refractivity contribution in [2.45, 2.75) is 13.3 Å². The number of halogens is 1. The number of para-hydroxylation sites is 1. The second-order valence-corrected chi connectivity index (χ2v) is 6.13. The molecular weight excluding hydrogens is 354 g/mol. The van der Waals surface area contributed by atoms with E-state index in [1.807, 2.05) is 31.2 Å². The molecule has 0 fully saturated rings. The average Bonchev–Trinajstić information content (AvgIpc) is 2.62. The monoisotopic (exact) mass is 375 g/mol. The number of aryl methyl sites for hydroxylation is 1. The number of nitrogens with zero attached hydrogens (tertiary/aromatic N) is 1. The van der Waals surface area contributed by atoms with Crippen molar-refractivity contribution in [3.05, 3.63) is 53.1 Å². The van der Waals surface area contributed by atoms with Crippen LogP contribution in [0.1, 0.15) is 12.5 Å². The average molecular weight is 376 g/mol. The Balaban J connectivity index is 1.98. The third-order valence-corrected chi connectivity index (χ3v) is 4.04. The standard InChI is InChI=1S/C19H22ClN3O3/c1-4-13-7-5-6-8-15(13)21-18(24)12-23(2)19(25)22-16-11-14(20)9-10-17(16)26-3/h5-11H,4,12H2,1-3H3,(H,21,24)(H,22,25). The molecule has 0 atom stereocenters. The lowest BCUT2D eigenvalue weighted by molar-refractivity contribution is -0.116. The van der Waals surface area contributed by atoms with E-state index in [1.54, 1.807) is 18.2 Å². The number of hydrogen-bond acceptors (Lipinski definition) is 3. The lowest BCUT2D eigenvalue weighted by Gasteiger charge is -2.19. The molecule has 0 saturated heterocycles. The Morgan fingerprint density at radius 1 is 1.12 bits per heavy atom. The lowest BCUT2D eigenvalue weighted by atomic mass is 10.1. The van der Waals surface area contributed by atoms with Gasteiger partial charge in [0, 0.05) is 17.8 Å². The molecule has 0 heterocycles. The molecule has 0 aliphatic rings. The number of rotatable bonds is 6. The molecule has 26 heavy (non-hydrogen) atoms. The van der Waals surface area contributed by atoms with Gasteiger partial charge in [-0.25, -0.2) is 4.79 Å². The zero-order valence-electron chi connectivity index (χ0n) is 15.0. The molecule has 0 aliphatic carbocycles. The van der Waals surface area contributed by atoms with E-state index in [2.05, 4.69) is 10.6 Å². The Kier molecular flexibility index (Phi) is 6.86. The molecule has 3 amide bonds. The van der Waals surface area contributed by atoms with Crippen molar-refractivity contribution in [3.8, 4) is 5.75 Å². The fourth-order valence-corrected chi connectivity index (χ4v) is 2.59. The molecule has 0 bridgehead atoms. The number of carbonyl (C=O) groups excluding carboxylic acids is 2. The Labute approximate surface area is 158 Å². The van der Waals surface area contributed by atoms with Crippen LogP contribution in [0.15, 0.2) is 42.5 Å². The van der Waals surface area contributed by atoms with Crippen molar-refractivity contribution < 1.29 is 14.3 Å². The van der Waals surface area contributed by atoms with Gasteiger partial charge in [-0.05, 0) is 36.2 Å². The van der Waals surface area contributed by atoms with E-state index >= 15 is 0 Å². The molecule has 0 unspecified atom stereocenters. The maximum Gasteiger partial charge on any atom is 0.322 e. The maximum atomic E-state index is 12.3. The number of ether oxygens (including phenoxy) is 1. The molecule has 0 saturated carbocycles.